The predicted molar refractivity (Wildman–Crippen MR) is 376 cm³/mol. The van der Waals surface area contributed by atoms with Crippen LogP contribution in [0.1, 0.15) is 126 Å². The van der Waals surface area contributed by atoms with Crippen molar-refractivity contribution in [3.05, 3.63) is 71.8 Å². The third-order valence-corrected chi connectivity index (χ3v) is 15.8. The molecule has 7 saturated heterocycles. The molecule has 26 heteroatoms. The number of benzene rings is 2. The Bertz CT molecular complexity index is 4170. The number of rotatable bonds is 8. The van der Waals surface area contributed by atoms with Crippen molar-refractivity contribution in [2.75, 3.05) is 72.0 Å². The highest BCUT2D eigenvalue weighted by Gasteiger charge is 2.45. The Hall–Kier alpha value is -13.2. The second kappa shape index (κ2) is 46.3. The quantitative estimate of drug-likeness (QED) is 0.230. The van der Waals surface area contributed by atoms with Crippen molar-refractivity contribution >= 4 is 65.5 Å². The zero-order valence-corrected chi connectivity index (χ0v) is 57.1. The molecule has 9 amide bonds. The van der Waals surface area contributed by atoms with Gasteiger partial charge < -0.3 is 34.9 Å². The molecule has 2 aromatic rings. The summed E-state index contributed by atoms with van der Waals surface area (Å²) in [6, 6.07) is 18.9. The highest BCUT2D eigenvalue weighted by molar-refractivity contribution is 6.03. The summed E-state index contributed by atoms with van der Waals surface area (Å²) in [5, 5.41) is 11.6. The fourth-order valence-corrected chi connectivity index (χ4v) is 10.3. The summed E-state index contributed by atoms with van der Waals surface area (Å²) >= 11 is 0. The van der Waals surface area contributed by atoms with Crippen LogP contribution in [0.5, 0.6) is 0 Å². The number of carbonyl (C=O) groups is 11. The molecule has 0 saturated carbocycles. The van der Waals surface area contributed by atoms with Crippen molar-refractivity contribution in [1.29, 1.82) is 0 Å². The van der Waals surface area contributed by atoms with E-state index in [4.69, 9.17) is 27.6 Å². The highest BCUT2D eigenvalue weighted by atomic mass is 19.4. The number of hydrogen-bond acceptors (Lipinski definition) is 16. The summed E-state index contributed by atoms with van der Waals surface area (Å²) in [6.07, 6.45) is 8.56. The average Bonchev–Trinajstić information content (AvgIpc) is 1.67. The topological polar surface area (TPSA) is 270 Å². The minimum absolute atomic E-state index is 0. The molecule has 540 valence electrons. The number of hydrogen-bond donors (Lipinski definition) is 2. The lowest BCUT2D eigenvalue weighted by Gasteiger charge is -2.38. The number of piperidine rings is 2. The SMILES string of the molecule is C.C#CC#CC#CC#CC#CC#CC#CC#CC#CC#CC#CC#CC#C.CCN(CC)CC.O=C(O)C(F)(F)F.O=C(ON1C(=O)CCC1=O)N1CCC2(CC1)CCN(C(=O)c1ccccc1)C2.O=C(ON1C(=O)CCC1=O)ON1C(=O)CCC1=O.O=C(c1ccccc1)N1CCC2(CCNCC2)C1. The van der Waals surface area contributed by atoms with Crippen LogP contribution in [0.2, 0.25) is 0 Å². The van der Waals surface area contributed by atoms with Crippen molar-refractivity contribution in [2.24, 2.45) is 10.8 Å². The van der Waals surface area contributed by atoms with Gasteiger partial charge in [-0.05, 0) is 201 Å². The number of carbonyl (C=O) groups excluding carboxylic acids is 10. The Labute approximate surface area is 609 Å². The molecule has 9 rings (SSSR count). The number of aliphatic carboxylic acids is 1. The molecule has 2 aromatic carbocycles. The normalized spacial score (nSPS) is 15.3. The zero-order chi connectivity index (χ0) is 76.2. The molecule has 2 N–H and O–H groups in total. The Kier molecular flexibility index (Phi) is 37.9. The maximum atomic E-state index is 12.7. The summed E-state index contributed by atoms with van der Waals surface area (Å²) in [6.45, 7) is 16.6. The van der Waals surface area contributed by atoms with Crippen LogP contribution < -0.4 is 5.32 Å². The van der Waals surface area contributed by atoms with E-state index in [1.807, 2.05) is 70.5 Å². The molecule has 7 aliphatic heterocycles. The second-order valence-corrected chi connectivity index (χ2v) is 22.4. The molecule has 105 heavy (non-hydrogen) atoms. The van der Waals surface area contributed by atoms with Gasteiger partial charge in [-0.1, -0.05) is 74.7 Å². The minimum atomic E-state index is -5.08. The predicted octanol–water partition coefficient (Wildman–Crippen LogP) is 5.89. The summed E-state index contributed by atoms with van der Waals surface area (Å²) in [4.78, 5) is 147. The lowest BCUT2D eigenvalue weighted by atomic mass is 9.78. The van der Waals surface area contributed by atoms with E-state index in [0.29, 0.717) is 35.7 Å². The maximum absolute atomic E-state index is 12.7. The largest absolute Gasteiger partial charge is 0.560 e. The first-order valence-corrected chi connectivity index (χ1v) is 32.2. The molecule has 0 aromatic heterocycles. The fraction of sp³-hybridized carbons (Fsp3) is 0.380. The fourth-order valence-electron chi connectivity index (χ4n) is 10.3. The zero-order valence-electron chi connectivity index (χ0n) is 57.1. The number of alkyl halides is 3. The molecule has 2 spiro atoms. The van der Waals surface area contributed by atoms with Gasteiger partial charge in [0.1, 0.15) is 0 Å². The van der Waals surface area contributed by atoms with E-state index < -0.39 is 59.8 Å². The van der Waals surface area contributed by atoms with E-state index >= 15 is 0 Å². The standard InChI is InChI=1S/C26H2.C20H23N3O5.C15H20N2O.C9H8N2O7.C6H15N.C2HF3O2.CH4/c1-3-5-7-9-11-13-15-17-19-21-23-25-26-24-22-20-18-16-14-12-10-8-6-4-2;24-16-6-7-17(25)23(16)28-19(27)21-11-8-20(9-12-21)10-13-22(14-20)18(26)15-4-2-1-3-5-15;18-14(13-4-2-1-3-5-13)17-11-8-15(12-17)6-9-16-10-7-15;12-5-1-2-6(13)10(5)17-9(16)18-11-7(14)3-4-8(11)15;1-4-7(5-2)6-3;3-2(4,5)1(6)7;/h1-2H;1-5H,6-14H2;1-5,16H,6-12H2;1-4H2;4-6H2,1-3H3;(H,6,7);1H4. The highest BCUT2D eigenvalue weighted by Crippen LogP contribution is 2.41. The van der Waals surface area contributed by atoms with E-state index in [1.165, 1.54) is 43.8 Å². The third-order valence-electron chi connectivity index (χ3n) is 15.8. The van der Waals surface area contributed by atoms with E-state index in [9.17, 15) is 61.1 Å². The molecule has 0 unspecified atom stereocenters. The first-order valence-electron chi connectivity index (χ1n) is 32.2. The van der Waals surface area contributed by atoms with Crippen molar-refractivity contribution < 1.29 is 85.5 Å². The number of likely N-dealkylation sites (tertiary alicyclic amines) is 3. The van der Waals surface area contributed by atoms with Gasteiger partial charge in [0, 0.05) is 136 Å². The molecule has 0 radical (unpaired) electrons. The first kappa shape index (κ1) is 86.0. The minimum Gasteiger partial charge on any atom is -0.475 e. The molecule has 0 atom stereocenters. The van der Waals surface area contributed by atoms with Crippen molar-refractivity contribution in [3.8, 4) is 155 Å². The third kappa shape index (κ3) is 30.7. The van der Waals surface area contributed by atoms with Gasteiger partial charge in [-0.25, -0.2) is 9.59 Å². The Morgan fingerprint density at radius 2 is 0.705 bits per heavy atom. The summed E-state index contributed by atoms with van der Waals surface area (Å²) < 4.78 is 31.7. The number of carboxylic acids is 1. The van der Waals surface area contributed by atoms with Crippen molar-refractivity contribution in [3.63, 3.8) is 0 Å². The van der Waals surface area contributed by atoms with Crippen LogP contribution in [0.4, 0.5) is 22.8 Å². The van der Waals surface area contributed by atoms with E-state index in [-0.39, 0.29) is 73.3 Å². The van der Waals surface area contributed by atoms with E-state index in [2.05, 4.69) is 183 Å². The number of terminal acetylenes is 2. The summed E-state index contributed by atoms with van der Waals surface area (Å²) in [5.41, 5.74) is 1.93. The summed E-state index contributed by atoms with van der Waals surface area (Å²) in [5.74, 6) is 52.0. The van der Waals surface area contributed by atoms with Crippen LogP contribution in [-0.2, 0) is 48.1 Å². The maximum Gasteiger partial charge on any atom is 0.560 e. The van der Waals surface area contributed by atoms with E-state index in [1.54, 1.807) is 0 Å². The van der Waals surface area contributed by atoms with Gasteiger partial charge in [0.25, 0.3) is 47.3 Å². The van der Waals surface area contributed by atoms with Gasteiger partial charge in [-0.15, -0.1) is 17.9 Å². The number of carboxylic acid groups (broad SMARTS) is 1. The van der Waals surface area contributed by atoms with Gasteiger partial charge in [-0.3, -0.25) is 48.0 Å². The number of amides is 9. The van der Waals surface area contributed by atoms with Crippen LogP contribution in [-0.4, -0.2) is 184 Å². The molecule has 0 bridgehead atoms. The van der Waals surface area contributed by atoms with Gasteiger partial charge in [-0.2, -0.15) is 18.0 Å². The van der Waals surface area contributed by atoms with Crippen molar-refractivity contribution in [2.45, 2.75) is 111 Å². The molecular formula is C79H73F3N8O15. The molecule has 7 aliphatic rings. The van der Waals surface area contributed by atoms with Gasteiger partial charge in [0.2, 0.25) is 0 Å². The molecule has 0 aliphatic carbocycles. The molecule has 7 heterocycles. The first-order chi connectivity index (χ1) is 50.0. The molecule has 7 fully saturated rings. The van der Waals surface area contributed by atoms with Gasteiger partial charge in [0.05, 0.1) is 0 Å². The number of hydroxylamine groups is 6. The van der Waals surface area contributed by atoms with Crippen LogP contribution in [0.15, 0.2) is 60.7 Å². The van der Waals surface area contributed by atoms with Gasteiger partial charge in [0.15, 0.2) is 0 Å². The average molecular weight is 1430 g/mol. The van der Waals surface area contributed by atoms with Crippen LogP contribution in [0.25, 0.3) is 0 Å². The smallest absolute Gasteiger partial charge is 0.475 e. The van der Waals surface area contributed by atoms with Gasteiger partial charge >= 0.3 is 24.4 Å². The van der Waals surface area contributed by atoms with Crippen LogP contribution in [0.3, 0.4) is 0 Å². The molecular weight excluding hydrogens is 1360 g/mol. The monoisotopic (exact) mass is 1430 g/mol. The number of halogens is 3. The van der Waals surface area contributed by atoms with E-state index in [0.717, 1.165) is 57.5 Å². The second-order valence-electron chi connectivity index (χ2n) is 22.4. The molecule has 23 nitrogen and oxygen atoms in total. The Morgan fingerprint density at radius 3 is 0.962 bits per heavy atom. The lowest BCUT2D eigenvalue weighted by Crippen LogP contribution is -2.47. The Morgan fingerprint density at radius 1 is 0.448 bits per heavy atom. The number of nitrogens with zero attached hydrogens (tertiary/aromatic N) is 7. The number of nitrogens with one attached hydrogen (secondary N) is 1. The van der Waals surface area contributed by atoms with Crippen LogP contribution >= 0.6 is 0 Å². The lowest BCUT2D eigenvalue weighted by molar-refractivity contribution is -0.198. The Balaban J connectivity index is 0.000000345. The van der Waals surface area contributed by atoms with Crippen LogP contribution in [0, 0.1) is 166 Å². The summed E-state index contributed by atoms with van der Waals surface area (Å²) in [7, 11) is 0. The van der Waals surface area contributed by atoms with Crippen molar-refractivity contribution in [1.82, 2.24) is 40.1 Å². The number of imide groups is 3.